The van der Waals surface area contributed by atoms with Gasteiger partial charge in [0, 0.05) is 36.4 Å². The first-order valence-corrected chi connectivity index (χ1v) is 11.9. The Hall–Kier alpha value is -2.41. The summed E-state index contributed by atoms with van der Waals surface area (Å²) < 4.78 is 7.82. The highest BCUT2D eigenvalue weighted by Crippen LogP contribution is 2.40. The highest BCUT2D eigenvalue weighted by molar-refractivity contribution is 5.86. The van der Waals surface area contributed by atoms with Gasteiger partial charge in [-0.1, -0.05) is 37.3 Å². The summed E-state index contributed by atoms with van der Waals surface area (Å²) in [5.74, 6) is 1.35. The average molecular weight is 435 g/mol. The van der Waals surface area contributed by atoms with Crippen molar-refractivity contribution in [3.05, 3.63) is 59.4 Å². The van der Waals surface area contributed by atoms with E-state index in [2.05, 4.69) is 66.2 Å². The number of piperidine rings is 1. The number of imidazole rings is 1. The van der Waals surface area contributed by atoms with Crippen molar-refractivity contribution in [2.75, 3.05) is 25.1 Å². The van der Waals surface area contributed by atoms with Crippen LogP contribution in [0.5, 0.6) is 0 Å². The Kier molecular flexibility index (Phi) is 5.93. The van der Waals surface area contributed by atoms with Gasteiger partial charge in [-0.25, -0.2) is 4.98 Å². The zero-order valence-corrected chi connectivity index (χ0v) is 19.3. The number of benzene rings is 2. The Bertz CT molecular complexity index is 1070. The Morgan fingerprint density at radius 1 is 1.09 bits per heavy atom. The summed E-state index contributed by atoms with van der Waals surface area (Å²) in [5, 5.41) is 14.0. The standard InChI is InChI=1S/C26H34N4O2/c1-17-9-10-21-22(29(17)26(31)32-3)11-12-23-24(21)28-25(18(2)19-7-5-4-6-8-19)30(23)20-13-15-27-16-14-20/h4-8,11-12,17-18,20,26-27,31H,9-10,13-16H2,1-3H3/t17-,18-,26?/m0/s1. The second-order valence-corrected chi connectivity index (χ2v) is 9.24. The summed E-state index contributed by atoms with van der Waals surface area (Å²) in [7, 11) is 1.55. The monoisotopic (exact) mass is 434 g/mol. The second-order valence-electron chi connectivity index (χ2n) is 9.24. The van der Waals surface area contributed by atoms with Crippen molar-refractivity contribution in [2.24, 2.45) is 0 Å². The molecule has 1 unspecified atom stereocenters. The lowest BCUT2D eigenvalue weighted by atomic mass is 9.95. The zero-order chi connectivity index (χ0) is 22.2. The van der Waals surface area contributed by atoms with Crippen molar-refractivity contribution in [1.82, 2.24) is 14.9 Å². The van der Waals surface area contributed by atoms with E-state index in [1.807, 2.05) is 4.90 Å². The topological polar surface area (TPSA) is 62.6 Å². The van der Waals surface area contributed by atoms with Crippen LogP contribution < -0.4 is 10.2 Å². The highest BCUT2D eigenvalue weighted by Gasteiger charge is 2.32. The van der Waals surface area contributed by atoms with E-state index in [4.69, 9.17) is 9.72 Å². The number of aliphatic hydroxyl groups excluding tert-OH is 1. The summed E-state index contributed by atoms with van der Waals surface area (Å²) in [5.41, 5.74) is 5.86. The lowest BCUT2D eigenvalue weighted by Gasteiger charge is -2.39. The third-order valence-electron chi connectivity index (χ3n) is 7.34. The molecule has 0 amide bonds. The predicted octanol–water partition coefficient (Wildman–Crippen LogP) is 4.18. The zero-order valence-electron chi connectivity index (χ0n) is 19.3. The van der Waals surface area contributed by atoms with Crippen LogP contribution in [-0.2, 0) is 11.2 Å². The number of aliphatic hydroxyl groups is 1. The maximum Gasteiger partial charge on any atom is 0.237 e. The van der Waals surface area contributed by atoms with Crippen LogP contribution in [0.3, 0.4) is 0 Å². The number of nitrogens with one attached hydrogen (secondary N) is 1. The molecular formula is C26H34N4O2. The predicted molar refractivity (Wildman–Crippen MR) is 128 cm³/mol. The SMILES string of the molecule is COC(O)N1c2ccc3c(nc([C@@H](C)c4ccccc4)n3C3CCNCC3)c2CC[C@@H]1C. The molecule has 0 saturated carbocycles. The smallest absolute Gasteiger partial charge is 0.237 e. The molecule has 2 aliphatic heterocycles. The summed E-state index contributed by atoms with van der Waals surface area (Å²) in [4.78, 5) is 7.30. The van der Waals surface area contributed by atoms with E-state index < -0.39 is 6.41 Å². The van der Waals surface area contributed by atoms with Crippen molar-refractivity contribution in [3.8, 4) is 0 Å². The van der Waals surface area contributed by atoms with Crippen molar-refractivity contribution in [2.45, 2.75) is 63.9 Å². The number of fused-ring (bicyclic) bond motifs is 3. The Labute approximate surface area is 190 Å². The molecule has 5 rings (SSSR count). The van der Waals surface area contributed by atoms with E-state index >= 15 is 0 Å². The molecule has 2 aliphatic rings. The summed E-state index contributed by atoms with van der Waals surface area (Å²) >= 11 is 0. The molecule has 1 saturated heterocycles. The van der Waals surface area contributed by atoms with E-state index in [1.165, 1.54) is 16.6 Å². The minimum atomic E-state index is -0.948. The van der Waals surface area contributed by atoms with E-state index in [-0.39, 0.29) is 12.0 Å². The fourth-order valence-corrected chi connectivity index (χ4v) is 5.54. The molecule has 3 heterocycles. The Morgan fingerprint density at radius 2 is 1.84 bits per heavy atom. The average Bonchev–Trinajstić information content (AvgIpc) is 3.24. The van der Waals surface area contributed by atoms with E-state index in [9.17, 15) is 5.11 Å². The highest BCUT2D eigenvalue weighted by atomic mass is 16.6. The third kappa shape index (κ3) is 3.60. The van der Waals surface area contributed by atoms with Crippen LogP contribution in [0.4, 0.5) is 5.69 Å². The van der Waals surface area contributed by atoms with Gasteiger partial charge >= 0.3 is 0 Å². The molecule has 0 bridgehead atoms. The second kappa shape index (κ2) is 8.85. The molecule has 0 radical (unpaired) electrons. The molecular weight excluding hydrogens is 400 g/mol. The number of anilines is 1. The van der Waals surface area contributed by atoms with Crippen molar-refractivity contribution in [3.63, 3.8) is 0 Å². The van der Waals surface area contributed by atoms with E-state index in [0.29, 0.717) is 6.04 Å². The molecule has 6 heteroatoms. The number of nitrogens with zero attached hydrogens (tertiary/aromatic N) is 3. The largest absolute Gasteiger partial charge is 0.351 e. The van der Waals surface area contributed by atoms with Gasteiger partial charge in [-0.2, -0.15) is 0 Å². The molecule has 3 atom stereocenters. The van der Waals surface area contributed by atoms with E-state index in [0.717, 1.165) is 55.8 Å². The number of aromatic nitrogens is 2. The summed E-state index contributed by atoms with van der Waals surface area (Å²) in [6.45, 7) is 6.50. The van der Waals surface area contributed by atoms with Crippen LogP contribution >= 0.6 is 0 Å². The molecule has 3 aromatic rings. The number of rotatable bonds is 5. The third-order valence-corrected chi connectivity index (χ3v) is 7.34. The van der Waals surface area contributed by atoms with Gasteiger partial charge in [0.2, 0.25) is 6.41 Å². The first-order chi connectivity index (χ1) is 15.6. The number of ether oxygens (including phenoxy) is 1. The first-order valence-electron chi connectivity index (χ1n) is 11.9. The molecule has 0 spiro atoms. The quantitative estimate of drug-likeness (QED) is 0.590. The fourth-order valence-electron chi connectivity index (χ4n) is 5.54. The van der Waals surface area contributed by atoms with Gasteiger partial charge in [-0.15, -0.1) is 0 Å². The molecule has 2 N–H and O–H groups in total. The minimum absolute atomic E-state index is 0.206. The first kappa shape index (κ1) is 21.4. The molecule has 170 valence electrons. The van der Waals surface area contributed by atoms with Gasteiger partial charge in [0.15, 0.2) is 0 Å². The van der Waals surface area contributed by atoms with Crippen molar-refractivity contribution in [1.29, 1.82) is 0 Å². The molecule has 6 nitrogen and oxygen atoms in total. The maximum atomic E-state index is 10.5. The van der Waals surface area contributed by atoms with Gasteiger partial charge < -0.3 is 24.6 Å². The number of aryl methyl sites for hydroxylation is 1. The fraction of sp³-hybridized carbons (Fsp3) is 0.500. The molecule has 0 aliphatic carbocycles. The Morgan fingerprint density at radius 3 is 2.56 bits per heavy atom. The Balaban J connectivity index is 1.69. The molecule has 1 aromatic heterocycles. The van der Waals surface area contributed by atoms with Gasteiger partial charge in [0.05, 0.1) is 11.0 Å². The van der Waals surface area contributed by atoms with Crippen molar-refractivity contribution >= 4 is 16.7 Å². The van der Waals surface area contributed by atoms with Crippen LogP contribution in [0.25, 0.3) is 11.0 Å². The molecule has 32 heavy (non-hydrogen) atoms. The van der Waals surface area contributed by atoms with Crippen molar-refractivity contribution < 1.29 is 9.84 Å². The normalized spacial score (nSPS) is 21.5. The number of hydrogen-bond donors (Lipinski definition) is 2. The van der Waals surface area contributed by atoms with Crippen LogP contribution in [0.2, 0.25) is 0 Å². The number of methoxy groups -OCH3 is 1. The summed E-state index contributed by atoms with van der Waals surface area (Å²) in [6.07, 6.45) is 3.21. The van der Waals surface area contributed by atoms with Crippen LogP contribution in [0.1, 0.15) is 62.0 Å². The lowest BCUT2D eigenvalue weighted by molar-refractivity contribution is -0.0794. The number of hydrogen-bond acceptors (Lipinski definition) is 5. The van der Waals surface area contributed by atoms with E-state index in [1.54, 1.807) is 7.11 Å². The van der Waals surface area contributed by atoms with Crippen LogP contribution in [0, 0.1) is 0 Å². The van der Waals surface area contributed by atoms with Gasteiger partial charge in [0.25, 0.3) is 0 Å². The van der Waals surface area contributed by atoms with Gasteiger partial charge in [-0.3, -0.25) is 0 Å². The maximum absolute atomic E-state index is 10.5. The molecule has 1 fully saturated rings. The van der Waals surface area contributed by atoms with Crippen LogP contribution in [-0.4, -0.2) is 47.3 Å². The summed E-state index contributed by atoms with van der Waals surface area (Å²) in [6, 6.07) is 15.7. The van der Waals surface area contributed by atoms with Crippen LogP contribution in [0.15, 0.2) is 42.5 Å². The molecule has 2 aromatic carbocycles. The van der Waals surface area contributed by atoms with Gasteiger partial charge in [-0.05, 0) is 63.4 Å². The van der Waals surface area contributed by atoms with Gasteiger partial charge in [0.1, 0.15) is 5.82 Å². The lowest BCUT2D eigenvalue weighted by Crippen LogP contribution is -2.45. The minimum Gasteiger partial charge on any atom is -0.351 e.